The Kier molecular flexibility index (Phi) is 6.49. The molecule has 1 fully saturated rings. The van der Waals surface area contributed by atoms with Gasteiger partial charge in [0.2, 0.25) is 0 Å². The van der Waals surface area contributed by atoms with E-state index in [1.165, 1.54) is 0 Å². The molecule has 0 saturated heterocycles. The zero-order valence-electron chi connectivity index (χ0n) is 17.5. The quantitative estimate of drug-likeness (QED) is 0.617. The average molecular weight is 377 g/mol. The van der Waals surface area contributed by atoms with E-state index in [-0.39, 0.29) is 29.6 Å². The van der Waals surface area contributed by atoms with Crippen LogP contribution in [0, 0.1) is 23.7 Å². The molecule has 4 atom stereocenters. The monoisotopic (exact) mass is 376 g/mol. The molecule has 0 aromatic heterocycles. The highest BCUT2D eigenvalue weighted by Gasteiger charge is 2.48. The lowest BCUT2D eigenvalue weighted by Crippen LogP contribution is -2.44. The number of rotatable bonds is 6. The van der Waals surface area contributed by atoms with Gasteiger partial charge in [-0.2, -0.15) is 0 Å². The summed E-state index contributed by atoms with van der Waals surface area (Å²) in [6, 6.07) is 20.4. The van der Waals surface area contributed by atoms with Crippen molar-refractivity contribution in [3.05, 3.63) is 71.8 Å². The van der Waals surface area contributed by atoms with E-state index < -0.39 is 0 Å². The van der Waals surface area contributed by atoms with Gasteiger partial charge in [-0.05, 0) is 23.0 Å². The molecule has 1 aliphatic rings. The summed E-state index contributed by atoms with van der Waals surface area (Å²) in [5.41, 5.74) is 2.23. The van der Waals surface area contributed by atoms with Gasteiger partial charge >= 0.3 is 0 Å². The first-order valence-corrected chi connectivity index (χ1v) is 10.6. The minimum absolute atomic E-state index is 0.0415. The van der Waals surface area contributed by atoms with Crippen LogP contribution in [0.25, 0.3) is 0 Å². The van der Waals surface area contributed by atoms with Crippen molar-refractivity contribution in [2.24, 2.45) is 23.7 Å². The molecule has 0 heterocycles. The van der Waals surface area contributed by atoms with Gasteiger partial charge in [-0.25, -0.2) is 0 Å². The van der Waals surface area contributed by atoms with E-state index >= 15 is 0 Å². The predicted octanol–water partition coefficient (Wildman–Crippen LogP) is 6.03. The first kappa shape index (κ1) is 20.5. The van der Waals surface area contributed by atoms with Gasteiger partial charge in [0.15, 0.2) is 0 Å². The molecule has 2 nitrogen and oxygen atoms in total. The zero-order chi connectivity index (χ0) is 20.3. The highest BCUT2D eigenvalue weighted by molar-refractivity contribution is 5.91. The maximum Gasteiger partial charge on any atom is 0.137 e. The van der Waals surface area contributed by atoms with Gasteiger partial charge in [0.25, 0.3) is 0 Å². The van der Waals surface area contributed by atoms with Crippen LogP contribution in [0.2, 0.25) is 0 Å². The minimum atomic E-state index is -0.155. The van der Waals surface area contributed by atoms with Gasteiger partial charge in [-0.15, -0.1) is 0 Å². The third-order valence-corrected chi connectivity index (χ3v) is 6.11. The van der Waals surface area contributed by atoms with E-state index in [9.17, 15) is 9.59 Å². The molecule has 148 valence electrons. The van der Waals surface area contributed by atoms with Gasteiger partial charge < -0.3 is 0 Å². The number of hydrogen-bond donors (Lipinski definition) is 0. The van der Waals surface area contributed by atoms with Crippen molar-refractivity contribution in [1.29, 1.82) is 0 Å². The molecule has 2 aromatic rings. The first-order valence-electron chi connectivity index (χ1n) is 10.6. The summed E-state index contributed by atoms with van der Waals surface area (Å²) in [4.78, 5) is 26.8. The Morgan fingerprint density at radius 1 is 0.893 bits per heavy atom. The normalized spacial score (nSPS) is 25.3. The SMILES string of the molecule is CC(C)CC(=O)[C@H]1[C@@H](c2ccccc2)[C@@H](C(C)C)C(=O)C[C@@H]1c1ccccc1. The molecule has 0 spiro atoms. The van der Waals surface area contributed by atoms with Crippen LogP contribution in [-0.2, 0) is 9.59 Å². The highest BCUT2D eigenvalue weighted by atomic mass is 16.1. The van der Waals surface area contributed by atoms with Gasteiger partial charge in [0.05, 0.1) is 0 Å². The van der Waals surface area contributed by atoms with Crippen molar-refractivity contribution in [3.8, 4) is 0 Å². The molecule has 0 unspecified atom stereocenters. The standard InChI is InChI=1S/C26H32O2/c1-17(2)15-22(27)26-21(19-11-7-5-8-12-19)16-23(28)24(18(3)4)25(26)20-13-9-6-10-14-20/h5-14,17-18,21,24-26H,15-16H2,1-4H3/t21-,24+,25+,26+/m1/s1. The number of hydrogen-bond acceptors (Lipinski definition) is 2. The summed E-state index contributed by atoms with van der Waals surface area (Å²) in [7, 11) is 0. The first-order chi connectivity index (χ1) is 13.4. The second kappa shape index (κ2) is 8.86. The fourth-order valence-electron chi connectivity index (χ4n) is 5.02. The number of benzene rings is 2. The number of carbonyl (C=O) groups is 2. The molecule has 0 amide bonds. The number of ketones is 2. The highest BCUT2D eigenvalue weighted by Crippen LogP contribution is 2.50. The lowest BCUT2D eigenvalue weighted by atomic mass is 9.58. The average Bonchev–Trinajstić information content (AvgIpc) is 2.67. The van der Waals surface area contributed by atoms with Crippen LogP contribution in [0.4, 0.5) is 0 Å². The molecule has 1 saturated carbocycles. The summed E-state index contributed by atoms with van der Waals surface area (Å²) < 4.78 is 0. The molecule has 28 heavy (non-hydrogen) atoms. The Bertz CT molecular complexity index is 792. The second-order valence-corrected chi connectivity index (χ2v) is 8.98. The maximum atomic E-state index is 13.5. The van der Waals surface area contributed by atoms with Crippen molar-refractivity contribution in [2.45, 2.75) is 52.4 Å². The second-order valence-electron chi connectivity index (χ2n) is 8.98. The molecular weight excluding hydrogens is 344 g/mol. The minimum Gasteiger partial charge on any atom is -0.299 e. The Labute approximate surface area is 169 Å². The molecule has 0 radical (unpaired) electrons. The Morgan fingerprint density at radius 3 is 1.93 bits per heavy atom. The summed E-state index contributed by atoms with van der Waals surface area (Å²) in [5, 5.41) is 0. The Morgan fingerprint density at radius 2 is 1.43 bits per heavy atom. The molecule has 0 bridgehead atoms. The molecule has 3 rings (SSSR count). The molecule has 2 aromatic carbocycles. The molecule has 2 heteroatoms. The zero-order valence-corrected chi connectivity index (χ0v) is 17.5. The third-order valence-electron chi connectivity index (χ3n) is 6.11. The summed E-state index contributed by atoms with van der Waals surface area (Å²) >= 11 is 0. The van der Waals surface area contributed by atoms with Crippen LogP contribution >= 0.6 is 0 Å². The van der Waals surface area contributed by atoms with Crippen molar-refractivity contribution in [2.75, 3.05) is 0 Å². The number of carbonyl (C=O) groups excluding carboxylic acids is 2. The van der Waals surface area contributed by atoms with Gasteiger partial charge in [0.1, 0.15) is 11.6 Å². The van der Waals surface area contributed by atoms with Crippen molar-refractivity contribution >= 4 is 11.6 Å². The van der Waals surface area contributed by atoms with Crippen LogP contribution in [0.1, 0.15) is 63.5 Å². The molecular formula is C26H32O2. The van der Waals surface area contributed by atoms with Crippen LogP contribution in [-0.4, -0.2) is 11.6 Å². The largest absolute Gasteiger partial charge is 0.299 e. The topological polar surface area (TPSA) is 34.1 Å². The molecule has 0 aliphatic heterocycles. The van der Waals surface area contributed by atoms with Gasteiger partial charge in [-0.1, -0.05) is 88.4 Å². The van der Waals surface area contributed by atoms with E-state index in [0.717, 1.165) is 11.1 Å². The molecule has 1 aliphatic carbocycles. The predicted molar refractivity (Wildman–Crippen MR) is 114 cm³/mol. The fourth-order valence-corrected chi connectivity index (χ4v) is 5.02. The molecule has 0 N–H and O–H groups in total. The van der Waals surface area contributed by atoms with E-state index in [1.807, 2.05) is 36.4 Å². The van der Waals surface area contributed by atoms with Crippen molar-refractivity contribution in [3.63, 3.8) is 0 Å². The smallest absolute Gasteiger partial charge is 0.137 e. The van der Waals surface area contributed by atoms with Crippen molar-refractivity contribution < 1.29 is 9.59 Å². The van der Waals surface area contributed by atoms with Crippen LogP contribution < -0.4 is 0 Å². The third kappa shape index (κ3) is 4.27. The van der Waals surface area contributed by atoms with E-state index in [2.05, 4.69) is 52.0 Å². The van der Waals surface area contributed by atoms with Crippen LogP contribution in [0.15, 0.2) is 60.7 Å². The van der Waals surface area contributed by atoms with Crippen LogP contribution in [0.3, 0.4) is 0 Å². The van der Waals surface area contributed by atoms with Crippen molar-refractivity contribution in [1.82, 2.24) is 0 Å². The lowest BCUT2D eigenvalue weighted by Gasteiger charge is -2.44. The lowest BCUT2D eigenvalue weighted by molar-refractivity contribution is -0.134. The van der Waals surface area contributed by atoms with Gasteiger partial charge in [0, 0.05) is 36.5 Å². The Hall–Kier alpha value is -2.22. The number of Topliss-reactive ketones (excluding diaryl/α,β-unsaturated/α-hetero) is 2. The Balaban J connectivity index is 2.14. The summed E-state index contributed by atoms with van der Waals surface area (Å²) in [5.74, 6) is 0.765. The van der Waals surface area contributed by atoms with Gasteiger partial charge in [-0.3, -0.25) is 9.59 Å². The maximum absolute atomic E-state index is 13.5. The van der Waals surface area contributed by atoms with E-state index in [0.29, 0.717) is 30.3 Å². The van der Waals surface area contributed by atoms with Crippen LogP contribution in [0.5, 0.6) is 0 Å². The fraction of sp³-hybridized carbons (Fsp3) is 0.462. The van der Waals surface area contributed by atoms with E-state index in [4.69, 9.17) is 0 Å². The summed E-state index contributed by atoms with van der Waals surface area (Å²) in [6.07, 6.45) is 1.03. The summed E-state index contributed by atoms with van der Waals surface area (Å²) in [6.45, 7) is 8.43. The van der Waals surface area contributed by atoms with E-state index in [1.54, 1.807) is 0 Å².